The van der Waals surface area contributed by atoms with E-state index in [4.69, 9.17) is 14.6 Å². The number of halogens is 3. The summed E-state index contributed by atoms with van der Waals surface area (Å²) in [6.45, 7) is 0.747. The van der Waals surface area contributed by atoms with Gasteiger partial charge in [-0.15, -0.1) is 0 Å². The number of carboxylic acid groups (broad SMARTS) is 1. The van der Waals surface area contributed by atoms with Crippen LogP contribution in [0.25, 0.3) is 0 Å². The Hall–Kier alpha value is -4.81. The number of piperazine rings is 1. The number of benzene rings is 3. The minimum absolute atomic E-state index is 0.0126. The second-order valence-corrected chi connectivity index (χ2v) is 8.51. The van der Waals surface area contributed by atoms with Crippen LogP contribution in [0.4, 0.5) is 30.2 Å². The van der Waals surface area contributed by atoms with Gasteiger partial charge < -0.3 is 24.4 Å². The Bertz CT molecular complexity index is 1400. The molecular formula is C26H22F3N3O7. The van der Waals surface area contributed by atoms with E-state index in [-0.39, 0.29) is 60.2 Å². The molecule has 13 heteroatoms. The number of nitrogens with zero attached hydrogens (tertiary/aromatic N) is 3. The van der Waals surface area contributed by atoms with Gasteiger partial charge in [-0.2, -0.15) is 13.2 Å². The number of nitro benzene ring substituents is 1. The van der Waals surface area contributed by atoms with Crippen molar-refractivity contribution in [2.24, 2.45) is 0 Å². The van der Waals surface area contributed by atoms with Crippen LogP contribution in [0.3, 0.4) is 0 Å². The lowest BCUT2D eigenvalue weighted by Gasteiger charge is -2.38. The molecule has 0 atom stereocenters. The van der Waals surface area contributed by atoms with Crippen LogP contribution in [0.1, 0.15) is 26.3 Å². The summed E-state index contributed by atoms with van der Waals surface area (Å²) in [5.41, 5.74) is -1.05. The van der Waals surface area contributed by atoms with Crippen molar-refractivity contribution in [1.29, 1.82) is 0 Å². The number of esters is 1. The second-order valence-electron chi connectivity index (χ2n) is 8.51. The molecule has 0 aliphatic carbocycles. The largest absolute Gasteiger partial charge is 0.478 e. The molecule has 1 N–H and O–H groups in total. The van der Waals surface area contributed by atoms with E-state index in [9.17, 15) is 32.9 Å². The number of methoxy groups -OCH3 is 1. The van der Waals surface area contributed by atoms with Gasteiger partial charge in [0.05, 0.1) is 23.2 Å². The topological polar surface area (TPSA) is 122 Å². The number of anilines is 2. The molecule has 1 aliphatic rings. The van der Waals surface area contributed by atoms with E-state index >= 15 is 0 Å². The molecule has 1 saturated heterocycles. The Labute approximate surface area is 219 Å². The van der Waals surface area contributed by atoms with Gasteiger partial charge in [0.1, 0.15) is 22.7 Å². The lowest BCUT2D eigenvalue weighted by atomic mass is 10.1. The zero-order valence-electron chi connectivity index (χ0n) is 20.5. The molecule has 4 rings (SSSR count). The lowest BCUT2D eigenvalue weighted by Crippen LogP contribution is -2.47. The Morgan fingerprint density at radius 2 is 1.62 bits per heavy atom. The maximum Gasteiger partial charge on any atom is 0.416 e. The lowest BCUT2D eigenvalue weighted by molar-refractivity contribution is -0.384. The summed E-state index contributed by atoms with van der Waals surface area (Å²) in [5.74, 6) is -1.91. The third kappa shape index (κ3) is 5.87. The summed E-state index contributed by atoms with van der Waals surface area (Å²) >= 11 is 0. The van der Waals surface area contributed by atoms with Crippen molar-refractivity contribution in [3.8, 4) is 11.5 Å². The second kappa shape index (κ2) is 10.9. The Morgan fingerprint density at radius 3 is 2.18 bits per heavy atom. The first-order valence-corrected chi connectivity index (χ1v) is 11.6. The maximum atomic E-state index is 13.2. The van der Waals surface area contributed by atoms with E-state index in [1.807, 2.05) is 0 Å². The zero-order valence-corrected chi connectivity index (χ0v) is 20.5. The predicted octanol–water partition coefficient (Wildman–Crippen LogP) is 5.22. The normalized spacial score (nSPS) is 13.6. The number of alkyl halides is 3. The monoisotopic (exact) mass is 545 g/mol. The predicted molar refractivity (Wildman–Crippen MR) is 134 cm³/mol. The number of aromatic carboxylic acids is 1. The van der Waals surface area contributed by atoms with Crippen molar-refractivity contribution in [1.82, 2.24) is 0 Å². The third-order valence-corrected chi connectivity index (χ3v) is 6.17. The average molecular weight is 545 g/mol. The summed E-state index contributed by atoms with van der Waals surface area (Å²) in [6.07, 6.45) is -4.50. The van der Waals surface area contributed by atoms with Crippen molar-refractivity contribution >= 4 is 29.0 Å². The SMILES string of the molecule is COC(=O)c1c(Oc2ccc(C(=O)O)cc2)ccc([N+](=O)[O-])c1N1CCN(c2cccc(C(F)(F)F)c2)CC1. The molecule has 0 unspecified atom stereocenters. The summed E-state index contributed by atoms with van der Waals surface area (Å²) < 4.78 is 50.2. The van der Waals surface area contributed by atoms with E-state index < -0.39 is 28.6 Å². The minimum Gasteiger partial charge on any atom is -0.478 e. The molecule has 0 radical (unpaired) electrons. The van der Waals surface area contributed by atoms with Crippen molar-refractivity contribution in [3.63, 3.8) is 0 Å². The number of carbonyl (C=O) groups is 2. The summed E-state index contributed by atoms with van der Waals surface area (Å²) in [5, 5.41) is 21.0. The molecule has 204 valence electrons. The van der Waals surface area contributed by atoms with E-state index in [1.54, 1.807) is 15.9 Å². The fourth-order valence-corrected chi connectivity index (χ4v) is 4.27. The van der Waals surface area contributed by atoms with E-state index in [2.05, 4.69) is 0 Å². The van der Waals surface area contributed by atoms with Gasteiger partial charge in [0.2, 0.25) is 0 Å². The van der Waals surface area contributed by atoms with Gasteiger partial charge in [-0.05, 0) is 48.5 Å². The van der Waals surface area contributed by atoms with Crippen LogP contribution in [0.15, 0.2) is 60.7 Å². The first-order chi connectivity index (χ1) is 18.5. The van der Waals surface area contributed by atoms with Crippen LogP contribution in [0, 0.1) is 10.1 Å². The molecule has 0 aromatic heterocycles. The fraction of sp³-hybridized carbons (Fsp3) is 0.231. The molecule has 1 fully saturated rings. The quantitative estimate of drug-likeness (QED) is 0.242. The average Bonchev–Trinajstić information content (AvgIpc) is 2.92. The van der Waals surface area contributed by atoms with Gasteiger partial charge in [0.25, 0.3) is 5.69 Å². The van der Waals surface area contributed by atoms with Crippen molar-refractivity contribution in [2.45, 2.75) is 6.18 Å². The number of carbonyl (C=O) groups excluding carboxylic acids is 1. The van der Waals surface area contributed by atoms with Gasteiger partial charge >= 0.3 is 18.1 Å². The molecule has 10 nitrogen and oxygen atoms in total. The highest BCUT2D eigenvalue weighted by molar-refractivity contribution is 6.01. The van der Waals surface area contributed by atoms with E-state index in [0.717, 1.165) is 19.2 Å². The standard InChI is InChI=1S/C26H22F3N3O7/c1-38-25(35)22-21(39-19-7-5-16(6-8-19)24(33)34)10-9-20(32(36)37)23(22)31-13-11-30(12-14-31)18-4-2-3-17(15-18)26(27,28)29/h2-10,15H,11-14H2,1H3,(H,33,34). The molecule has 0 bridgehead atoms. The fourth-order valence-electron chi connectivity index (χ4n) is 4.27. The van der Waals surface area contributed by atoms with Crippen LogP contribution < -0.4 is 14.5 Å². The zero-order chi connectivity index (χ0) is 28.3. The van der Waals surface area contributed by atoms with Gasteiger partial charge in [-0.1, -0.05) is 6.07 Å². The first-order valence-electron chi connectivity index (χ1n) is 11.6. The molecule has 1 heterocycles. The molecule has 0 amide bonds. The molecule has 39 heavy (non-hydrogen) atoms. The third-order valence-electron chi connectivity index (χ3n) is 6.17. The summed E-state index contributed by atoms with van der Waals surface area (Å²) in [4.78, 5) is 38.6. The number of rotatable bonds is 7. The van der Waals surface area contributed by atoms with Gasteiger partial charge in [0, 0.05) is 37.9 Å². The highest BCUT2D eigenvalue weighted by Crippen LogP contribution is 2.41. The molecule has 0 spiro atoms. The number of hydrogen-bond donors (Lipinski definition) is 1. The molecular weight excluding hydrogens is 523 g/mol. The summed E-state index contributed by atoms with van der Waals surface area (Å²) in [7, 11) is 1.11. The smallest absolute Gasteiger partial charge is 0.416 e. The van der Waals surface area contributed by atoms with E-state index in [1.165, 1.54) is 42.5 Å². The van der Waals surface area contributed by atoms with Crippen LogP contribution in [-0.2, 0) is 10.9 Å². The number of hydrogen-bond acceptors (Lipinski definition) is 8. The molecule has 1 aliphatic heterocycles. The summed E-state index contributed by atoms with van der Waals surface area (Å²) in [6, 6.07) is 12.7. The number of carboxylic acids is 1. The van der Waals surface area contributed by atoms with Crippen molar-refractivity contribution in [2.75, 3.05) is 43.1 Å². The molecule has 3 aromatic rings. The van der Waals surface area contributed by atoms with Crippen LogP contribution in [0.2, 0.25) is 0 Å². The maximum absolute atomic E-state index is 13.2. The van der Waals surface area contributed by atoms with Gasteiger partial charge in [-0.25, -0.2) is 9.59 Å². The van der Waals surface area contributed by atoms with Crippen molar-refractivity contribution in [3.05, 3.63) is 87.5 Å². The van der Waals surface area contributed by atoms with Gasteiger partial charge in [-0.3, -0.25) is 10.1 Å². The molecule has 0 saturated carbocycles. The Morgan fingerprint density at radius 1 is 0.974 bits per heavy atom. The Balaban J connectivity index is 1.67. The van der Waals surface area contributed by atoms with Crippen LogP contribution in [0.5, 0.6) is 11.5 Å². The number of nitro groups is 1. The van der Waals surface area contributed by atoms with Crippen molar-refractivity contribution < 1.29 is 42.3 Å². The van der Waals surface area contributed by atoms with Crippen LogP contribution in [-0.4, -0.2) is 55.3 Å². The first kappa shape index (κ1) is 27.2. The minimum atomic E-state index is -4.50. The Kier molecular flexibility index (Phi) is 7.61. The van der Waals surface area contributed by atoms with E-state index in [0.29, 0.717) is 5.69 Å². The van der Waals surface area contributed by atoms with Gasteiger partial charge in [0.15, 0.2) is 0 Å². The highest BCUT2D eigenvalue weighted by atomic mass is 19.4. The number of ether oxygens (including phenoxy) is 2. The highest BCUT2D eigenvalue weighted by Gasteiger charge is 2.34. The molecule has 3 aromatic carbocycles. The van der Waals surface area contributed by atoms with Crippen LogP contribution >= 0.6 is 0 Å².